The fourth-order valence-corrected chi connectivity index (χ4v) is 2.76. The lowest BCUT2D eigenvalue weighted by Crippen LogP contribution is -2.59. The first kappa shape index (κ1) is 16.1. The van der Waals surface area contributed by atoms with E-state index in [-0.39, 0.29) is 11.9 Å². The number of hydrogen-bond donors (Lipinski definition) is 3. The van der Waals surface area contributed by atoms with Crippen LogP contribution in [0.4, 0.5) is 4.79 Å². The van der Waals surface area contributed by atoms with E-state index < -0.39 is 5.54 Å². The van der Waals surface area contributed by atoms with Gasteiger partial charge in [-0.15, -0.1) is 6.58 Å². The van der Waals surface area contributed by atoms with E-state index >= 15 is 0 Å². The van der Waals surface area contributed by atoms with Crippen LogP contribution in [0.15, 0.2) is 43.0 Å². The van der Waals surface area contributed by atoms with Crippen molar-refractivity contribution in [2.75, 3.05) is 6.54 Å². The number of rotatable bonds is 6. The fraction of sp³-hybridized carbons (Fsp3) is 0.412. The van der Waals surface area contributed by atoms with Crippen LogP contribution in [0.5, 0.6) is 0 Å². The minimum atomic E-state index is -0.788. The Morgan fingerprint density at radius 3 is 2.45 bits per heavy atom. The van der Waals surface area contributed by atoms with Gasteiger partial charge in [-0.05, 0) is 18.4 Å². The molecule has 1 aromatic rings. The molecule has 0 aliphatic heterocycles. The lowest BCUT2D eigenvalue weighted by Gasteiger charge is -2.28. The molecule has 22 heavy (non-hydrogen) atoms. The van der Waals surface area contributed by atoms with Crippen molar-refractivity contribution in [3.05, 3.63) is 48.6 Å². The first-order chi connectivity index (χ1) is 10.7. The van der Waals surface area contributed by atoms with Crippen LogP contribution in [0.1, 0.15) is 31.2 Å². The third-order valence-corrected chi connectivity index (χ3v) is 3.95. The molecule has 118 valence electrons. The molecule has 0 unspecified atom stereocenters. The third kappa shape index (κ3) is 4.10. The Bertz CT molecular complexity index is 522. The molecule has 0 heterocycles. The van der Waals surface area contributed by atoms with E-state index in [2.05, 4.69) is 22.5 Å². The van der Waals surface area contributed by atoms with E-state index in [1.165, 1.54) is 0 Å². The number of benzene rings is 1. The molecule has 3 amide bonds. The zero-order valence-electron chi connectivity index (χ0n) is 12.7. The molecule has 0 atom stereocenters. The lowest BCUT2D eigenvalue weighted by molar-refractivity contribution is -0.126. The van der Waals surface area contributed by atoms with Gasteiger partial charge in [0.1, 0.15) is 5.54 Å². The highest BCUT2D eigenvalue weighted by molar-refractivity contribution is 5.91. The van der Waals surface area contributed by atoms with E-state index in [0.717, 1.165) is 18.4 Å². The van der Waals surface area contributed by atoms with Gasteiger partial charge in [-0.25, -0.2) is 4.79 Å². The smallest absolute Gasteiger partial charge is 0.315 e. The van der Waals surface area contributed by atoms with Gasteiger partial charge < -0.3 is 16.0 Å². The van der Waals surface area contributed by atoms with Crippen LogP contribution < -0.4 is 16.0 Å². The predicted octanol–water partition coefficient (Wildman–Crippen LogP) is 2.10. The normalized spacial score (nSPS) is 15.8. The average molecular weight is 301 g/mol. The van der Waals surface area contributed by atoms with Gasteiger partial charge in [0.25, 0.3) is 0 Å². The van der Waals surface area contributed by atoms with Gasteiger partial charge in [-0.1, -0.05) is 49.2 Å². The second-order valence-corrected chi connectivity index (χ2v) is 5.58. The number of carbonyl (C=O) groups is 2. The Kier molecular flexibility index (Phi) is 5.58. The SMILES string of the molecule is C=CCNC(=O)C1(NC(=O)NCc2ccccc2)CCCC1. The van der Waals surface area contributed by atoms with Gasteiger partial charge in [0.15, 0.2) is 0 Å². The maximum Gasteiger partial charge on any atom is 0.315 e. The molecule has 0 spiro atoms. The summed E-state index contributed by atoms with van der Waals surface area (Å²) in [4.78, 5) is 24.5. The molecular formula is C17H23N3O2. The molecule has 5 heteroatoms. The van der Waals surface area contributed by atoms with Crippen LogP contribution in [0, 0.1) is 0 Å². The predicted molar refractivity (Wildman–Crippen MR) is 86.2 cm³/mol. The Labute approximate surface area is 131 Å². The number of carbonyl (C=O) groups excluding carboxylic acids is 2. The van der Waals surface area contributed by atoms with E-state index in [9.17, 15) is 9.59 Å². The molecule has 5 nitrogen and oxygen atoms in total. The first-order valence-corrected chi connectivity index (χ1v) is 7.65. The summed E-state index contributed by atoms with van der Waals surface area (Å²) in [5.74, 6) is -0.125. The first-order valence-electron chi connectivity index (χ1n) is 7.65. The summed E-state index contributed by atoms with van der Waals surface area (Å²) in [5, 5.41) is 8.48. The van der Waals surface area contributed by atoms with Crippen molar-refractivity contribution < 1.29 is 9.59 Å². The summed E-state index contributed by atoms with van der Waals surface area (Å²) in [6.45, 7) is 4.44. The van der Waals surface area contributed by atoms with Crippen LogP contribution >= 0.6 is 0 Å². The van der Waals surface area contributed by atoms with E-state index in [1.807, 2.05) is 30.3 Å². The van der Waals surface area contributed by atoms with Crippen LogP contribution in [0.3, 0.4) is 0 Å². The van der Waals surface area contributed by atoms with E-state index in [4.69, 9.17) is 0 Å². The highest BCUT2D eigenvalue weighted by atomic mass is 16.2. The highest BCUT2D eigenvalue weighted by Gasteiger charge is 2.42. The lowest BCUT2D eigenvalue weighted by atomic mass is 9.96. The number of urea groups is 1. The van der Waals surface area contributed by atoms with Gasteiger partial charge in [0.2, 0.25) is 5.91 Å². The van der Waals surface area contributed by atoms with Crippen LogP contribution in [-0.2, 0) is 11.3 Å². The quantitative estimate of drug-likeness (QED) is 0.704. The van der Waals surface area contributed by atoms with Crippen molar-refractivity contribution in [3.8, 4) is 0 Å². The van der Waals surface area contributed by atoms with E-state index in [1.54, 1.807) is 6.08 Å². The Hall–Kier alpha value is -2.30. The number of hydrogen-bond acceptors (Lipinski definition) is 2. The highest BCUT2D eigenvalue weighted by Crippen LogP contribution is 2.29. The summed E-state index contributed by atoms with van der Waals surface area (Å²) < 4.78 is 0. The molecule has 0 aromatic heterocycles. The van der Waals surface area contributed by atoms with Crippen molar-refractivity contribution in [1.82, 2.24) is 16.0 Å². The number of amides is 3. The zero-order chi connectivity index (χ0) is 15.8. The average Bonchev–Trinajstić information content (AvgIpc) is 3.01. The molecular weight excluding hydrogens is 278 g/mol. The monoisotopic (exact) mass is 301 g/mol. The summed E-state index contributed by atoms with van der Waals surface area (Å²) >= 11 is 0. The van der Waals surface area contributed by atoms with Crippen molar-refractivity contribution in [1.29, 1.82) is 0 Å². The van der Waals surface area contributed by atoms with Crippen LogP contribution in [0.2, 0.25) is 0 Å². The molecule has 1 fully saturated rings. The van der Waals surface area contributed by atoms with Crippen molar-refractivity contribution in [2.24, 2.45) is 0 Å². The maximum atomic E-state index is 12.3. The van der Waals surface area contributed by atoms with E-state index in [0.29, 0.717) is 25.9 Å². The van der Waals surface area contributed by atoms with Crippen molar-refractivity contribution >= 4 is 11.9 Å². The Morgan fingerprint density at radius 2 is 1.82 bits per heavy atom. The minimum absolute atomic E-state index is 0.125. The standard InChI is InChI=1S/C17H23N3O2/c1-2-12-18-15(21)17(10-6-7-11-17)20-16(22)19-13-14-8-4-3-5-9-14/h2-5,8-9H,1,6-7,10-13H2,(H,18,21)(H2,19,20,22). The van der Waals surface area contributed by atoms with Crippen LogP contribution in [-0.4, -0.2) is 24.0 Å². The summed E-state index contributed by atoms with van der Waals surface area (Å²) in [5.41, 5.74) is 0.235. The van der Waals surface area contributed by atoms with Gasteiger partial charge in [0.05, 0.1) is 0 Å². The van der Waals surface area contributed by atoms with Gasteiger partial charge in [-0.3, -0.25) is 4.79 Å². The van der Waals surface area contributed by atoms with Crippen molar-refractivity contribution in [2.45, 2.75) is 37.8 Å². The van der Waals surface area contributed by atoms with Gasteiger partial charge in [-0.2, -0.15) is 0 Å². The Balaban J connectivity index is 1.91. The van der Waals surface area contributed by atoms with Gasteiger partial charge in [0, 0.05) is 13.1 Å². The molecule has 0 saturated heterocycles. The molecule has 1 saturated carbocycles. The second-order valence-electron chi connectivity index (χ2n) is 5.58. The Morgan fingerprint density at radius 1 is 1.14 bits per heavy atom. The van der Waals surface area contributed by atoms with Crippen molar-refractivity contribution in [3.63, 3.8) is 0 Å². The zero-order valence-corrected chi connectivity index (χ0v) is 12.7. The molecule has 1 aliphatic carbocycles. The molecule has 3 N–H and O–H groups in total. The molecule has 2 rings (SSSR count). The largest absolute Gasteiger partial charge is 0.351 e. The number of nitrogens with one attached hydrogen (secondary N) is 3. The molecule has 0 radical (unpaired) electrons. The summed E-state index contributed by atoms with van der Waals surface area (Å²) in [6, 6.07) is 9.37. The van der Waals surface area contributed by atoms with Gasteiger partial charge >= 0.3 is 6.03 Å². The third-order valence-electron chi connectivity index (χ3n) is 3.95. The minimum Gasteiger partial charge on any atom is -0.351 e. The summed E-state index contributed by atoms with van der Waals surface area (Å²) in [7, 11) is 0. The molecule has 1 aromatic carbocycles. The second kappa shape index (κ2) is 7.64. The summed E-state index contributed by atoms with van der Waals surface area (Å²) in [6.07, 6.45) is 4.88. The fourth-order valence-electron chi connectivity index (χ4n) is 2.76. The molecule has 0 bridgehead atoms. The maximum absolute atomic E-state index is 12.3. The topological polar surface area (TPSA) is 70.2 Å². The molecule has 1 aliphatic rings. The van der Waals surface area contributed by atoms with Crippen LogP contribution in [0.25, 0.3) is 0 Å².